The van der Waals surface area contributed by atoms with Gasteiger partial charge in [0.15, 0.2) is 0 Å². The smallest absolute Gasteiger partial charge is 0.244 e. The number of carbonyl (C=O) groups excluding carboxylic acids is 1. The SMILES string of the molecule is CC(C)[C@@H]1CN(C(=O)Cn2cccn2)CCCN1Cc1ccc(F)cc1. The Balaban J connectivity index is 1.68. The van der Waals surface area contributed by atoms with Gasteiger partial charge in [-0.25, -0.2) is 4.39 Å². The summed E-state index contributed by atoms with van der Waals surface area (Å²) in [5.41, 5.74) is 1.10. The van der Waals surface area contributed by atoms with E-state index in [1.807, 2.05) is 29.3 Å². The molecule has 1 saturated heterocycles. The summed E-state index contributed by atoms with van der Waals surface area (Å²) in [6, 6.07) is 8.83. The highest BCUT2D eigenvalue weighted by atomic mass is 19.1. The lowest BCUT2D eigenvalue weighted by molar-refractivity contribution is -0.132. The first-order chi connectivity index (χ1) is 12.5. The minimum absolute atomic E-state index is 0.114. The van der Waals surface area contributed by atoms with Gasteiger partial charge in [0.05, 0.1) is 0 Å². The van der Waals surface area contributed by atoms with Crippen LogP contribution in [-0.2, 0) is 17.9 Å². The van der Waals surface area contributed by atoms with E-state index in [1.165, 1.54) is 12.1 Å². The Labute approximate surface area is 154 Å². The van der Waals surface area contributed by atoms with Crippen LogP contribution in [0.5, 0.6) is 0 Å². The largest absolute Gasteiger partial charge is 0.339 e. The van der Waals surface area contributed by atoms with Crippen molar-refractivity contribution in [2.45, 2.75) is 39.4 Å². The number of benzene rings is 1. The van der Waals surface area contributed by atoms with Gasteiger partial charge in [-0.3, -0.25) is 14.4 Å². The van der Waals surface area contributed by atoms with Gasteiger partial charge in [0.1, 0.15) is 12.4 Å². The highest BCUT2D eigenvalue weighted by Gasteiger charge is 2.29. The van der Waals surface area contributed by atoms with Crippen LogP contribution in [0.15, 0.2) is 42.7 Å². The lowest BCUT2D eigenvalue weighted by Gasteiger charge is -2.34. The Morgan fingerprint density at radius 3 is 2.69 bits per heavy atom. The van der Waals surface area contributed by atoms with Gasteiger partial charge < -0.3 is 4.90 Å². The maximum Gasteiger partial charge on any atom is 0.244 e. The molecule has 1 aliphatic rings. The zero-order valence-electron chi connectivity index (χ0n) is 15.5. The van der Waals surface area contributed by atoms with Gasteiger partial charge >= 0.3 is 0 Å². The third-order valence-electron chi connectivity index (χ3n) is 5.03. The van der Waals surface area contributed by atoms with Crippen LogP contribution in [0.2, 0.25) is 0 Å². The second kappa shape index (κ2) is 8.45. The van der Waals surface area contributed by atoms with Crippen LogP contribution in [0.25, 0.3) is 0 Å². The number of aromatic nitrogens is 2. The van der Waals surface area contributed by atoms with Gasteiger partial charge in [0.2, 0.25) is 5.91 Å². The van der Waals surface area contributed by atoms with E-state index in [4.69, 9.17) is 0 Å². The number of amides is 1. The van der Waals surface area contributed by atoms with Crippen LogP contribution in [0.3, 0.4) is 0 Å². The molecular weight excluding hydrogens is 331 g/mol. The quantitative estimate of drug-likeness (QED) is 0.825. The first-order valence-corrected chi connectivity index (χ1v) is 9.26. The first kappa shape index (κ1) is 18.6. The molecule has 1 aromatic heterocycles. The zero-order chi connectivity index (χ0) is 18.5. The summed E-state index contributed by atoms with van der Waals surface area (Å²) >= 11 is 0. The molecule has 1 fully saturated rings. The Hall–Kier alpha value is -2.21. The Morgan fingerprint density at radius 2 is 2.04 bits per heavy atom. The van der Waals surface area contributed by atoms with Crippen molar-refractivity contribution in [1.82, 2.24) is 19.6 Å². The molecule has 1 aromatic carbocycles. The number of hydrogen-bond acceptors (Lipinski definition) is 3. The van der Waals surface area contributed by atoms with Crippen molar-refractivity contribution < 1.29 is 9.18 Å². The van der Waals surface area contributed by atoms with Gasteiger partial charge in [-0.2, -0.15) is 5.10 Å². The molecule has 0 unspecified atom stereocenters. The molecule has 2 heterocycles. The summed E-state index contributed by atoms with van der Waals surface area (Å²) in [7, 11) is 0. The lowest BCUT2D eigenvalue weighted by atomic mass is 10.0. The number of halogens is 1. The number of carbonyl (C=O) groups is 1. The van der Waals surface area contributed by atoms with Crippen LogP contribution in [0, 0.1) is 11.7 Å². The Morgan fingerprint density at radius 1 is 1.27 bits per heavy atom. The fourth-order valence-electron chi connectivity index (χ4n) is 3.58. The number of rotatable bonds is 5. The van der Waals surface area contributed by atoms with Crippen molar-refractivity contribution in [2.24, 2.45) is 5.92 Å². The van der Waals surface area contributed by atoms with Crippen LogP contribution >= 0.6 is 0 Å². The summed E-state index contributed by atoms with van der Waals surface area (Å²) in [4.78, 5) is 17.1. The molecule has 26 heavy (non-hydrogen) atoms. The summed E-state index contributed by atoms with van der Waals surface area (Å²) in [5.74, 6) is 0.331. The molecule has 0 radical (unpaired) electrons. The van der Waals surface area contributed by atoms with Crippen LogP contribution < -0.4 is 0 Å². The van der Waals surface area contributed by atoms with E-state index >= 15 is 0 Å². The average Bonchev–Trinajstić information content (AvgIpc) is 3.02. The van der Waals surface area contributed by atoms with Crippen LogP contribution in [0.1, 0.15) is 25.8 Å². The predicted octanol–water partition coefficient (Wildman–Crippen LogP) is 2.78. The summed E-state index contributed by atoms with van der Waals surface area (Å²) in [6.45, 7) is 7.89. The molecule has 1 atom stereocenters. The van der Waals surface area contributed by atoms with E-state index < -0.39 is 0 Å². The van der Waals surface area contributed by atoms with E-state index in [9.17, 15) is 9.18 Å². The summed E-state index contributed by atoms with van der Waals surface area (Å²) in [6.07, 6.45) is 4.45. The molecule has 1 aliphatic heterocycles. The Bertz CT molecular complexity index is 699. The molecule has 0 bridgehead atoms. The fourth-order valence-corrected chi connectivity index (χ4v) is 3.58. The third-order valence-corrected chi connectivity index (χ3v) is 5.03. The standard InChI is InChI=1S/C20H27FN4O/c1-16(2)19-14-24(20(26)15-25-12-3-9-22-25)11-4-10-23(19)13-17-5-7-18(21)8-6-17/h3,5-9,12,16,19H,4,10-11,13-15H2,1-2H3/t19-/m0/s1. The van der Waals surface area contributed by atoms with Crippen molar-refractivity contribution in [3.63, 3.8) is 0 Å². The molecule has 0 spiro atoms. The minimum Gasteiger partial charge on any atom is -0.339 e. The lowest BCUT2D eigenvalue weighted by Crippen LogP contribution is -2.46. The van der Waals surface area contributed by atoms with Crippen molar-refractivity contribution in [1.29, 1.82) is 0 Å². The van der Waals surface area contributed by atoms with Crippen LogP contribution in [-0.4, -0.2) is 51.2 Å². The van der Waals surface area contributed by atoms with Gasteiger partial charge in [0.25, 0.3) is 0 Å². The molecule has 0 saturated carbocycles. The number of nitrogens with zero attached hydrogens (tertiary/aromatic N) is 4. The maximum absolute atomic E-state index is 13.2. The van der Waals surface area contributed by atoms with Gasteiger partial charge in [-0.05, 0) is 36.1 Å². The van der Waals surface area contributed by atoms with Gasteiger partial charge in [-0.15, -0.1) is 0 Å². The summed E-state index contributed by atoms with van der Waals surface area (Å²) < 4.78 is 14.8. The molecule has 0 aliphatic carbocycles. The molecule has 2 aromatic rings. The minimum atomic E-state index is -0.208. The predicted molar refractivity (Wildman–Crippen MR) is 98.9 cm³/mol. The average molecular weight is 358 g/mol. The Kier molecular flexibility index (Phi) is 6.04. The second-order valence-corrected chi connectivity index (χ2v) is 7.31. The molecule has 140 valence electrons. The van der Waals surface area contributed by atoms with Crippen molar-refractivity contribution >= 4 is 5.91 Å². The monoisotopic (exact) mass is 358 g/mol. The zero-order valence-corrected chi connectivity index (χ0v) is 15.5. The van der Waals surface area contributed by atoms with E-state index in [0.29, 0.717) is 5.92 Å². The molecular formula is C20H27FN4O. The summed E-state index contributed by atoms with van der Waals surface area (Å²) in [5, 5.41) is 4.13. The topological polar surface area (TPSA) is 41.4 Å². The number of hydrogen-bond donors (Lipinski definition) is 0. The van der Waals surface area contributed by atoms with E-state index in [-0.39, 0.29) is 24.3 Å². The van der Waals surface area contributed by atoms with E-state index in [0.717, 1.165) is 38.2 Å². The normalized spacial score (nSPS) is 18.9. The molecule has 0 N–H and O–H groups in total. The van der Waals surface area contributed by atoms with Gasteiger partial charge in [-0.1, -0.05) is 26.0 Å². The third kappa shape index (κ3) is 4.69. The van der Waals surface area contributed by atoms with Crippen molar-refractivity contribution in [3.05, 3.63) is 54.1 Å². The second-order valence-electron chi connectivity index (χ2n) is 7.31. The molecule has 5 nitrogen and oxygen atoms in total. The molecule has 6 heteroatoms. The van der Waals surface area contributed by atoms with E-state index in [1.54, 1.807) is 10.9 Å². The highest BCUT2D eigenvalue weighted by molar-refractivity contribution is 5.76. The molecule has 1 amide bonds. The van der Waals surface area contributed by atoms with Crippen molar-refractivity contribution in [3.8, 4) is 0 Å². The molecule has 3 rings (SSSR count). The van der Waals surface area contributed by atoms with Gasteiger partial charge in [0, 0.05) is 44.6 Å². The first-order valence-electron chi connectivity index (χ1n) is 9.26. The van der Waals surface area contributed by atoms with E-state index in [2.05, 4.69) is 23.8 Å². The maximum atomic E-state index is 13.2. The van der Waals surface area contributed by atoms with Crippen molar-refractivity contribution in [2.75, 3.05) is 19.6 Å². The fraction of sp³-hybridized carbons (Fsp3) is 0.500. The van der Waals surface area contributed by atoms with Crippen LogP contribution in [0.4, 0.5) is 4.39 Å². The highest BCUT2D eigenvalue weighted by Crippen LogP contribution is 2.20.